The van der Waals surface area contributed by atoms with Crippen molar-refractivity contribution < 1.29 is 12.8 Å². The van der Waals surface area contributed by atoms with Crippen molar-refractivity contribution in [1.29, 1.82) is 0 Å². The molecular weight excluding hydrogens is 475 g/mol. The SMILES string of the molecule is CC(C)(C)c1nc2cc(NS(=O)(=O)c3ccc(-n4ncc(Cl)c(Cl)c4=O)cc3)ccc2o1. The Morgan fingerprint density at radius 2 is 1.75 bits per heavy atom. The normalized spacial score (nSPS) is 12.3. The van der Waals surface area contributed by atoms with Gasteiger partial charge in [-0.1, -0.05) is 44.0 Å². The topological polar surface area (TPSA) is 107 Å². The van der Waals surface area contributed by atoms with E-state index in [9.17, 15) is 13.2 Å². The van der Waals surface area contributed by atoms with Crippen LogP contribution in [0.3, 0.4) is 0 Å². The zero-order valence-corrected chi connectivity index (χ0v) is 19.6. The Morgan fingerprint density at radius 1 is 1.06 bits per heavy atom. The van der Waals surface area contributed by atoms with Gasteiger partial charge in [-0.3, -0.25) is 9.52 Å². The number of benzene rings is 2. The molecule has 4 rings (SSSR count). The molecule has 0 aliphatic rings. The van der Waals surface area contributed by atoms with Crippen LogP contribution in [0.15, 0.2) is 62.8 Å². The smallest absolute Gasteiger partial charge is 0.291 e. The van der Waals surface area contributed by atoms with E-state index in [1.165, 1.54) is 30.5 Å². The Labute approximate surface area is 193 Å². The van der Waals surface area contributed by atoms with Gasteiger partial charge in [0, 0.05) is 5.41 Å². The molecule has 11 heteroatoms. The zero-order valence-electron chi connectivity index (χ0n) is 17.3. The molecule has 0 saturated heterocycles. The molecule has 2 aromatic heterocycles. The number of nitrogens with zero attached hydrogens (tertiary/aromatic N) is 3. The van der Waals surface area contributed by atoms with Gasteiger partial charge in [0.15, 0.2) is 5.58 Å². The van der Waals surface area contributed by atoms with Gasteiger partial charge < -0.3 is 4.42 Å². The Hall–Kier alpha value is -2.88. The molecule has 0 amide bonds. The van der Waals surface area contributed by atoms with Crippen molar-refractivity contribution in [3.63, 3.8) is 0 Å². The van der Waals surface area contributed by atoms with Crippen molar-refractivity contribution in [2.75, 3.05) is 4.72 Å². The highest BCUT2D eigenvalue weighted by molar-refractivity contribution is 7.92. The summed E-state index contributed by atoms with van der Waals surface area (Å²) in [5, 5.41) is 3.79. The highest BCUT2D eigenvalue weighted by Crippen LogP contribution is 2.28. The summed E-state index contributed by atoms with van der Waals surface area (Å²) < 4.78 is 35.0. The van der Waals surface area contributed by atoms with E-state index in [1.54, 1.807) is 18.2 Å². The first-order valence-electron chi connectivity index (χ1n) is 9.43. The van der Waals surface area contributed by atoms with Crippen molar-refractivity contribution in [2.45, 2.75) is 31.1 Å². The summed E-state index contributed by atoms with van der Waals surface area (Å²) in [7, 11) is -3.89. The van der Waals surface area contributed by atoms with Crippen LogP contribution < -0.4 is 10.3 Å². The third kappa shape index (κ3) is 4.23. The minimum Gasteiger partial charge on any atom is -0.440 e. The van der Waals surface area contributed by atoms with Crippen LogP contribution in [0, 0.1) is 0 Å². The predicted octanol–water partition coefficient (Wildman–Crippen LogP) is 4.78. The molecule has 0 spiro atoms. The zero-order chi connectivity index (χ0) is 23.3. The maximum Gasteiger partial charge on any atom is 0.291 e. The van der Waals surface area contributed by atoms with E-state index < -0.39 is 15.6 Å². The van der Waals surface area contributed by atoms with Gasteiger partial charge in [-0.2, -0.15) is 9.78 Å². The summed E-state index contributed by atoms with van der Waals surface area (Å²) in [6.45, 7) is 5.94. The van der Waals surface area contributed by atoms with Gasteiger partial charge in [0.1, 0.15) is 10.5 Å². The number of rotatable bonds is 4. The van der Waals surface area contributed by atoms with E-state index in [1.807, 2.05) is 20.8 Å². The molecule has 0 atom stereocenters. The molecule has 4 aromatic rings. The average molecular weight is 493 g/mol. The van der Waals surface area contributed by atoms with Crippen LogP contribution in [0.2, 0.25) is 10.0 Å². The monoisotopic (exact) mass is 492 g/mol. The molecule has 0 bridgehead atoms. The van der Waals surface area contributed by atoms with E-state index in [2.05, 4.69) is 14.8 Å². The van der Waals surface area contributed by atoms with E-state index in [0.29, 0.717) is 28.4 Å². The lowest BCUT2D eigenvalue weighted by molar-refractivity contribution is 0.411. The molecule has 0 aliphatic carbocycles. The number of halogens is 2. The van der Waals surface area contributed by atoms with Gasteiger partial charge in [-0.25, -0.2) is 13.4 Å². The fourth-order valence-electron chi connectivity index (χ4n) is 2.89. The minimum atomic E-state index is -3.89. The molecule has 0 fully saturated rings. The van der Waals surface area contributed by atoms with Crippen LogP contribution in [0.4, 0.5) is 5.69 Å². The third-order valence-corrected chi connectivity index (χ3v) is 6.70. The first-order valence-corrected chi connectivity index (χ1v) is 11.7. The summed E-state index contributed by atoms with van der Waals surface area (Å²) in [5.41, 5.74) is 0.927. The van der Waals surface area contributed by atoms with Gasteiger partial charge in [0.2, 0.25) is 5.89 Å². The Morgan fingerprint density at radius 3 is 2.41 bits per heavy atom. The largest absolute Gasteiger partial charge is 0.440 e. The molecule has 2 heterocycles. The highest BCUT2D eigenvalue weighted by atomic mass is 35.5. The molecule has 0 aliphatic heterocycles. The van der Waals surface area contributed by atoms with Crippen LogP contribution in [-0.2, 0) is 15.4 Å². The van der Waals surface area contributed by atoms with Crippen molar-refractivity contribution in [1.82, 2.24) is 14.8 Å². The quantitative estimate of drug-likeness (QED) is 0.439. The molecule has 1 N–H and O–H groups in total. The summed E-state index contributed by atoms with van der Waals surface area (Å²) in [6.07, 6.45) is 1.24. The van der Waals surface area contributed by atoms with Crippen LogP contribution >= 0.6 is 23.2 Å². The second-order valence-corrected chi connectivity index (χ2v) is 10.5. The lowest BCUT2D eigenvalue weighted by Crippen LogP contribution is -2.21. The number of oxazole rings is 1. The number of anilines is 1. The van der Waals surface area contributed by atoms with Gasteiger partial charge >= 0.3 is 0 Å². The first-order chi connectivity index (χ1) is 15.0. The maximum atomic E-state index is 12.8. The molecular formula is C21H18Cl2N4O4S. The summed E-state index contributed by atoms with van der Waals surface area (Å²) in [4.78, 5) is 16.7. The standard InChI is InChI=1S/C21H18Cl2N4O4S/c1-21(2,3)20-25-16-10-12(4-9-17(16)31-20)26-32(29,30)14-7-5-13(6-8-14)27-19(28)18(23)15(22)11-24-27/h4-11,26H,1-3H3. The van der Waals surface area contributed by atoms with E-state index in [-0.39, 0.29) is 20.4 Å². The van der Waals surface area contributed by atoms with Crippen LogP contribution in [0.25, 0.3) is 16.8 Å². The number of nitrogens with one attached hydrogen (secondary N) is 1. The molecule has 2 aromatic carbocycles. The number of aromatic nitrogens is 3. The van der Waals surface area contributed by atoms with Crippen molar-refractivity contribution in [2.24, 2.45) is 0 Å². The van der Waals surface area contributed by atoms with Gasteiger partial charge in [-0.05, 0) is 42.5 Å². The lowest BCUT2D eigenvalue weighted by atomic mass is 9.97. The summed E-state index contributed by atoms with van der Waals surface area (Å²) in [5.74, 6) is 0.564. The van der Waals surface area contributed by atoms with Crippen molar-refractivity contribution >= 4 is 50.0 Å². The third-order valence-electron chi connectivity index (χ3n) is 4.55. The van der Waals surface area contributed by atoms with E-state index in [4.69, 9.17) is 27.6 Å². The van der Waals surface area contributed by atoms with Crippen LogP contribution in [0.1, 0.15) is 26.7 Å². The van der Waals surface area contributed by atoms with Crippen molar-refractivity contribution in [3.8, 4) is 5.69 Å². The van der Waals surface area contributed by atoms with E-state index in [0.717, 1.165) is 4.68 Å². The lowest BCUT2D eigenvalue weighted by Gasteiger charge is -2.11. The summed E-state index contributed by atoms with van der Waals surface area (Å²) in [6, 6.07) is 10.5. The van der Waals surface area contributed by atoms with Crippen LogP contribution in [0.5, 0.6) is 0 Å². The average Bonchev–Trinajstić information content (AvgIpc) is 3.16. The van der Waals surface area contributed by atoms with Crippen molar-refractivity contribution in [3.05, 3.63) is 75.0 Å². The number of sulfonamides is 1. The Kier molecular flexibility index (Phi) is 5.52. The number of fused-ring (bicyclic) bond motifs is 1. The maximum absolute atomic E-state index is 12.8. The first kappa shape index (κ1) is 22.3. The fourth-order valence-corrected chi connectivity index (χ4v) is 4.19. The fraction of sp³-hybridized carbons (Fsp3) is 0.190. The van der Waals surface area contributed by atoms with Gasteiger partial charge in [0.25, 0.3) is 15.6 Å². The predicted molar refractivity (Wildman–Crippen MR) is 123 cm³/mol. The van der Waals surface area contributed by atoms with Gasteiger partial charge in [-0.15, -0.1) is 0 Å². The molecule has 0 saturated carbocycles. The number of hydrogen-bond acceptors (Lipinski definition) is 6. The molecule has 0 unspecified atom stereocenters. The Balaban J connectivity index is 1.61. The molecule has 0 radical (unpaired) electrons. The highest BCUT2D eigenvalue weighted by Gasteiger charge is 2.22. The molecule has 166 valence electrons. The summed E-state index contributed by atoms with van der Waals surface area (Å²) >= 11 is 11.7. The van der Waals surface area contributed by atoms with Crippen LogP contribution in [-0.4, -0.2) is 23.2 Å². The second kappa shape index (κ2) is 7.91. The number of hydrogen-bond donors (Lipinski definition) is 1. The second-order valence-electron chi connectivity index (χ2n) is 8.07. The molecule has 8 nitrogen and oxygen atoms in total. The van der Waals surface area contributed by atoms with Gasteiger partial charge in [0.05, 0.1) is 27.5 Å². The van der Waals surface area contributed by atoms with E-state index >= 15 is 0 Å². The molecule has 32 heavy (non-hydrogen) atoms. The Bertz CT molecular complexity index is 1490. The minimum absolute atomic E-state index is 0.00462.